The molecule has 1 aromatic carbocycles. The first kappa shape index (κ1) is 14.6. The van der Waals surface area contributed by atoms with Gasteiger partial charge < -0.3 is 14.8 Å². The fraction of sp³-hybridized carbons (Fsp3) is 0.286. The van der Waals surface area contributed by atoms with Crippen LogP contribution in [0.3, 0.4) is 0 Å². The van der Waals surface area contributed by atoms with Crippen molar-refractivity contribution in [1.82, 2.24) is 9.97 Å². The van der Waals surface area contributed by atoms with Gasteiger partial charge in [-0.15, -0.1) is 0 Å². The van der Waals surface area contributed by atoms with E-state index in [9.17, 15) is 9.90 Å². The number of hydrogen-bond donors (Lipinski definition) is 2. The van der Waals surface area contributed by atoms with Gasteiger partial charge in [0.25, 0.3) is 5.56 Å². The zero-order valence-electron chi connectivity index (χ0n) is 11.2. The molecule has 0 spiro atoms. The van der Waals surface area contributed by atoms with E-state index in [1.165, 1.54) is 0 Å². The number of H-pyrrole nitrogens is 1. The number of nitrogens with one attached hydrogen (secondary N) is 1. The summed E-state index contributed by atoms with van der Waals surface area (Å²) in [5.74, 6) is 0.0396. The van der Waals surface area contributed by atoms with Crippen LogP contribution in [0.1, 0.15) is 12.7 Å². The molecule has 106 valence electrons. The molecule has 0 aliphatic heterocycles. The van der Waals surface area contributed by atoms with Crippen molar-refractivity contribution in [3.8, 4) is 17.0 Å². The first-order chi connectivity index (χ1) is 9.52. The van der Waals surface area contributed by atoms with E-state index in [1.54, 1.807) is 31.4 Å². The molecule has 0 amide bonds. The molecule has 0 bridgehead atoms. The summed E-state index contributed by atoms with van der Waals surface area (Å²) in [6.45, 7) is 1.85. The number of aromatic nitrogens is 2. The van der Waals surface area contributed by atoms with Crippen LogP contribution in [0.2, 0.25) is 5.02 Å². The molecule has 2 N–H and O–H groups in total. The number of ether oxygens (including phenoxy) is 1. The van der Waals surface area contributed by atoms with Crippen LogP contribution < -0.4 is 5.56 Å². The average molecular weight is 295 g/mol. The molecule has 1 heterocycles. The van der Waals surface area contributed by atoms with Gasteiger partial charge in [0, 0.05) is 24.1 Å². The van der Waals surface area contributed by atoms with Crippen molar-refractivity contribution in [3.05, 3.63) is 45.5 Å². The predicted molar refractivity (Wildman–Crippen MR) is 77.1 cm³/mol. The van der Waals surface area contributed by atoms with E-state index >= 15 is 0 Å². The van der Waals surface area contributed by atoms with Crippen LogP contribution in [0.25, 0.3) is 11.1 Å². The van der Waals surface area contributed by atoms with Crippen LogP contribution in [-0.2, 0) is 11.2 Å². The van der Waals surface area contributed by atoms with Crippen molar-refractivity contribution < 1.29 is 9.84 Å². The van der Waals surface area contributed by atoms with Crippen molar-refractivity contribution in [2.45, 2.75) is 19.4 Å². The highest BCUT2D eigenvalue weighted by Gasteiger charge is 2.16. The summed E-state index contributed by atoms with van der Waals surface area (Å²) in [5, 5.41) is 10.4. The maximum absolute atomic E-state index is 12.1. The lowest BCUT2D eigenvalue weighted by Crippen LogP contribution is -2.18. The second kappa shape index (κ2) is 6.07. The highest BCUT2D eigenvalue weighted by Crippen LogP contribution is 2.29. The highest BCUT2D eigenvalue weighted by molar-refractivity contribution is 6.33. The van der Waals surface area contributed by atoms with Crippen molar-refractivity contribution >= 4 is 11.6 Å². The number of benzene rings is 1. The van der Waals surface area contributed by atoms with Crippen molar-refractivity contribution in [1.29, 1.82) is 0 Å². The molecule has 0 saturated heterocycles. The minimum atomic E-state index is -0.427. The average Bonchev–Trinajstić information content (AvgIpc) is 2.40. The van der Waals surface area contributed by atoms with Crippen LogP contribution in [0.5, 0.6) is 5.88 Å². The molecule has 6 heteroatoms. The number of aromatic amines is 1. The maximum Gasteiger partial charge on any atom is 0.262 e. The third kappa shape index (κ3) is 3.00. The van der Waals surface area contributed by atoms with Gasteiger partial charge in [-0.2, -0.15) is 4.98 Å². The molecule has 0 radical (unpaired) electrons. The van der Waals surface area contributed by atoms with E-state index in [-0.39, 0.29) is 17.5 Å². The Balaban J connectivity index is 2.47. The lowest BCUT2D eigenvalue weighted by molar-refractivity contribution is 0.117. The standard InChI is InChI=1S/C14H15ClN2O3/c1-8(20-2)7-11-16-13(18)12(14(19)17-11)9-5-3-4-6-10(9)15/h3-6,8H,7H2,1-2H3,(H2,16,17,18,19). The molecule has 2 aromatic rings. The summed E-state index contributed by atoms with van der Waals surface area (Å²) >= 11 is 6.04. The predicted octanol–water partition coefficient (Wildman–Crippen LogP) is 2.37. The topological polar surface area (TPSA) is 75.2 Å². The normalized spacial score (nSPS) is 12.3. The van der Waals surface area contributed by atoms with Crippen molar-refractivity contribution in [2.24, 2.45) is 0 Å². The van der Waals surface area contributed by atoms with E-state index in [2.05, 4.69) is 9.97 Å². The quantitative estimate of drug-likeness (QED) is 0.908. The van der Waals surface area contributed by atoms with Crippen LogP contribution >= 0.6 is 11.6 Å². The molecule has 1 unspecified atom stereocenters. The van der Waals surface area contributed by atoms with E-state index in [1.807, 2.05) is 6.92 Å². The van der Waals surface area contributed by atoms with Crippen LogP contribution in [0.15, 0.2) is 29.1 Å². The van der Waals surface area contributed by atoms with Gasteiger partial charge in [-0.25, -0.2) is 0 Å². The van der Waals surface area contributed by atoms with E-state index in [0.29, 0.717) is 22.8 Å². The molecule has 2 rings (SSSR count). The molecule has 20 heavy (non-hydrogen) atoms. The molecule has 0 saturated carbocycles. The number of aromatic hydroxyl groups is 1. The lowest BCUT2D eigenvalue weighted by atomic mass is 10.1. The number of methoxy groups -OCH3 is 1. The van der Waals surface area contributed by atoms with E-state index < -0.39 is 5.56 Å². The molecular formula is C14H15ClN2O3. The SMILES string of the molecule is COC(C)Cc1nc(O)c(-c2ccccc2Cl)c(=O)[nH]1. The lowest BCUT2D eigenvalue weighted by Gasteiger charge is -2.10. The molecule has 0 fully saturated rings. The Labute approximate surface area is 121 Å². The smallest absolute Gasteiger partial charge is 0.262 e. The van der Waals surface area contributed by atoms with Gasteiger partial charge in [0.2, 0.25) is 5.88 Å². The summed E-state index contributed by atoms with van der Waals surface area (Å²) in [4.78, 5) is 18.8. The summed E-state index contributed by atoms with van der Waals surface area (Å²) in [7, 11) is 1.57. The second-order valence-corrected chi connectivity index (χ2v) is 4.85. The Morgan fingerprint density at radius 2 is 2.15 bits per heavy atom. The van der Waals surface area contributed by atoms with Gasteiger partial charge in [0.1, 0.15) is 11.4 Å². The minimum absolute atomic E-state index is 0.0735. The Bertz CT molecular complexity index is 670. The summed E-state index contributed by atoms with van der Waals surface area (Å²) in [5.41, 5.74) is 0.0973. The number of hydrogen-bond acceptors (Lipinski definition) is 4. The first-order valence-electron chi connectivity index (χ1n) is 6.12. The second-order valence-electron chi connectivity index (χ2n) is 4.44. The third-order valence-corrected chi connectivity index (χ3v) is 3.31. The molecule has 5 nitrogen and oxygen atoms in total. The third-order valence-electron chi connectivity index (χ3n) is 2.98. The number of nitrogens with zero attached hydrogens (tertiary/aromatic N) is 1. The van der Waals surface area contributed by atoms with Crippen LogP contribution in [-0.4, -0.2) is 28.3 Å². The zero-order chi connectivity index (χ0) is 14.7. The number of rotatable bonds is 4. The Morgan fingerprint density at radius 1 is 1.45 bits per heavy atom. The molecule has 1 aromatic heterocycles. The highest BCUT2D eigenvalue weighted by atomic mass is 35.5. The first-order valence-corrected chi connectivity index (χ1v) is 6.50. The van der Waals surface area contributed by atoms with Gasteiger partial charge in [0.05, 0.1) is 6.10 Å². The van der Waals surface area contributed by atoms with Gasteiger partial charge >= 0.3 is 0 Å². The van der Waals surface area contributed by atoms with Gasteiger partial charge in [-0.3, -0.25) is 4.79 Å². The monoisotopic (exact) mass is 294 g/mol. The van der Waals surface area contributed by atoms with Crippen LogP contribution in [0, 0.1) is 0 Å². The van der Waals surface area contributed by atoms with Gasteiger partial charge in [0.15, 0.2) is 0 Å². The number of halogens is 1. The Morgan fingerprint density at radius 3 is 2.75 bits per heavy atom. The Kier molecular flexibility index (Phi) is 4.42. The van der Waals surface area contributed by atoms with E-state index in [0.717, 1.165) is 0 Å². The largest absolute Gasteiger partial charge is 0.493 e. The van der Waals surface area contributed by atoms with Gasteiger partial charge in [-0.1, -0.05) is 29.8 Å². The fourth-order valence-corrected chi connectivity index (χ4v) is 2.10. The summed E-state index contributed by atoms with van der Waals surface area (Å²) < 4.78 is 5.10. The maximum atomic E-state index is 12.1. The minimum Gasteiger partial charge on any atom is -0.493 e. The summed E-state index contributed by atoms with van der Waals surface area (Å²) in [6.07, 6.45) is 0.297. The Hall–Kier alpha value is -1.85. The van der Waals surface area contributed by atoms with Crippen molar-refractivity contribution in [3.63, 3.8) is 0 Å². The summed E-state index contributed by atoms with van der Waals surface area (Å²) in [6, 6.07) is 6.79. The molecule has 1 atom stereocenters. The molecule has 0 aliphatic carbocycles. The van der Waals surface area contributed by atoms with Crippen LogP contribution in [0.4, 0.5) is 0 Å². The van der Waals surface area contributed by atoms with Crippen molar-refractivity contribution in [2.75, 3.05) is 7.11 Å². The fourth-order valence-electron chi connectivity index (χ4n) is 1.87. The molecule has 0 aliphatic rings. The molecular weight excluding hydrogens is 280 g/mol. The van der Waals surface area contributed by atoms with Gasteiger partial charge in [-0.05, 0) is 13.0 Å². The zero-order valence-corrected chi connectivity index (χ0v) is 11.9. The van der Waals surface area contributed by atoms with E-state index in [4.69, 9.17) is 16.3 Å².